The number of rotatable bonds is 6. The van der Waals surface area contributed by atoms with Crippen LogP contribution >= 0.6 is 0 Å². The molecule has 0 aliphatic carbocycles. The van der Waals surface area contributed by atoms with Crippen LogP contribution in [0.1, 0.15) is 25.2 Å². The van der Waals surface area contributed by atoms with E-state index in [1.807, 2.05) is 68.6 Å². The SMILES string of the molecule is Cc1ccc(Nc2c(-c3ccc(F)cc3)nc3n2CC(=O)N(CCN(C)C)C3(C)C)cc1. The number of carbonyl (C=O) groups excluding carboxylic acids is 1. The molecule has 3 aromatic rings. The summed E-state index contributed by atoms with van der Waals surface area (Å²) in [6.07, 6.45) is 0. The van der Waals surface area contributed by atoms with E-state index in [0.29, 0.717) is 12.2 Å². The van der Waals surface area contributed by atoms with Gasteiger partial charge >= 0.3 is 0 Å². The molecule has 0 atom stereocenters. The van der Waals surface area contributed by atoms with E-state index in [2.05, 4.69) is 10.2 Å². The van der Waals surface area contributed by atoms with Gasteiger partial charge in [0.15, 0.2) is 0 Å². The van der Waals surface area contributed by atoms with Gasteiger partial charge in [-0.2, -0.15) is 0 Å². The lowest BCUT2D eigenvalue weighted by molar-refractivity contribution is -0.140. The van der Waals surface area contributed by atoms with E-state index in [1.165, 1.54) is 12.1 Å². The zero-order chi connectivity index (χ0) is 23.0. The molecule has 1 aromatic heterocycles. The average molecular weight is 436 g/mol. The molecule has 0 bridgehead atoms. The molecular weight excluding hydrogens is 405 g/mol. The van der Waals surface area contributed by atoms with Gasteiger partial charge in [0.05, 0.1) is 5.54 Å². The van der Waals surface area contributed by atoms with E-state index < -0.39 is 5.54 Å². The van der Waals surface area contributed by atoms with Gasteiger partial charge in [-0.15, -0.1) is 0 Å². The van der Waals surface area contributed by atoms with Gasteiger partial charge < -0.3 is 19.7 Å². The van der Waals surface area contributed by atoms with Gasteiger partial charge in [0, 0.05) is 24.3 Å². The second-order valence-corrected chi connectivity index (χ2v) is 9.12. The summed E-state index contributed by atoms with van der Waals surface area (Å²) < 4.78 is 15.6. The van der Waals surface area contributed by atoms with Crippen LogP contribution in [0.2, 0.25) is 0 Å². The maximum absolute atomic E-state index is 13.6. The monoisotopic (exact) mass is 435 g/mol. The standard InChI is InChI=1S/C25H30FN5O/c1-17-6-12-20(13-7-17)27-23-22(18-8-10-19(26)11-9-18)28-24-25(2,3)31(15-14-29(4)5)21(32)16-30(23)24/h6-13,27H,14-16H2,1-5H3. The quantitative estimate of drug-likeness (QED) is 0.624. The Labute approximate surface area is 188 Å². The zero-order valence-corrected chi connectivity index (χ0v) is 19.3. The molecule has 1 aliphatic rings. The number of benzene rings is 2. The van der Waals surface area contributed by atoms with Crippen molar-refractivity contribution in [3.63, 3.8) is 0 Å². The number of aromatic nitrogens is 2. The highest BCUT2D eigenvalue weighted by atomic mass is 19.1. The molecule has 168 valence electrons. The zero-order valence-electron chi connectivity index (χ0n) is 19.3. The molecule has 0 saturated heterocycles. The van der Waals surface area contributed by atoms with E-state index in [9.17, 15) is 9.18 Å². The lowest BCUT2D eigenvalue weighted by Gasteiger charge is -2.42. The van der Waals surface area contributed by atoms with Crippen molar-refractivity contribution in [3.8, 4) is 11.3 Å². The summed E-state index contributed by atoms with van der Waals surface area (Å²) in [5.74, 6) is 1.31. The van der Waals surface area contributed by atoms with E-state index in [4.69, 9.17) is 4.98 Å². The van der Waals surface area contributed by atoms with E-state index in [-0.39, 0.29) is 18.3 Å². The van der Waals surface area contributed by atoms with Gasteiger partial charge in [-0.1, -0.05) is 17.7 Å². The fourth-order valence-corrected chi connectivity index (χ4v) is 4.14. The third-order valence-corrected chi connectivity index (χ3v) is 5.99. The molecule has 0 radical (unpaired) electrons. The van der Waals surface area contributed by atoms with Crippen LogP contribution < -0.4 is 5.32 Å². The van der Waals surface area contributed by atoms with E-state index in [0.717, 1.165) is 35.0 Å². The van der Waals surface area contributed by atoms with Gasteiger partial charge in [0.25, 0.3) is 0 Å². The van der Waals surface area contributed by atoms with Gasteiger partial charge in [-0.25, -0.2) is 9.37 Å². The Hall–Kier alpha value is -3.19. The minimum absolute atomic E-state index is 0.0550. The van der Waals surface area contributed by atoms with Crippen molar-refractivity contribution in [1.82, 2.24) is 19.4 Å². The molecule has 32 heavy (non-hydrogen) atoms. The van der Waals surface area contributed by atoms with Crippen molar-refractivity contribution in [2.45, 2.75) is 32.9 Å². The summed E-state index contributed by atoms with van der Waals surface area (Å²) in [5, 5.41) is 3.47. The van der Waals surface area contributed by atoms with Gasteiger partial charge in [0.1, 0.15) is 29.7 Å². The molecule has 0 spiro atoms. The normalized spacial score (nSPS) is 15.2. The second-order valence-electron chi connectivity index (χ2n) is 9.12. The van der Waals surface area contributed by atoms with Crippen LogP contribution in [-0.2, 0) is 16.9 Å². The topological polar surface area (TPSA) is 53.4 Å². The third-order valence-electron chi connectivity index (χ3n) is 5.99. The van der Waals surface area contributed by atoms with Crippen LogP contribution in [0.25, 0.3) is 11.3 Å². The first-order valence-electron chi connectivity index (χ1n) is 10.8. The van der Waals surface area contributed by atoms with Crippen LogP contribution in [0, 0.1) is 12.7 Å². The number of amides is 1. The Bertz CT molecular complexity index is 1120. The molecule has 2 aromatic carbocycles. The van der Waals surface area contributed by atoms with Crippen molar-refractivity contribution >= 4 is 17.4 Å². The van der Waals surface area contributed by atoms with Crippen molar-refractivity contribution in [2.24, 2.45) is 0 Å². The van der Waals surface area contributed by atoms with Crippen molar-refractivity contribution in [1.29, 1.82) is 0 Å². The molecule has 1 N–H and O–H groups in total. The summed E-state index contributed by atoms with van der Waals surface area (Å²) >= 11 is 0. The van der Waals surface area contributed by atoms with E-state index >= 15 is 0 Å². The Morgan fingerprint density at radius 1 is 1.09 bits per heavy atom. The number of hydrogen-bond donors (Lipinski definition) is 1. The molecular formula is C25H30FN5O. The molecule has 1 aliphatic heterocycles. The number of nitrogens with one attached hydrogen (secondary N) is 1. The average Bonchev–Trinajstić information content (AvgIpc) is 3.08. The van der Waals surface area contributed by atoms with Crippen molar-refractivity contribution < 1.29 is 9.18 Å². The third kappa shape index (κ3) is 4.12. The minimum atomic E-state index is -0.590. The number of carbonyl (C=O) groups is 1. The lowest BCUT2D eigenvalue weighted by atomic mass is 9.98. The predicted molar refractivity (Wildman–Crippen MR) is 125 cm³/mol. The van der Waals surface area contributed by atoms with Crippen LogP contribution in [0.5, 0.6) is 0 Å². The van der Waals surface area contributed by atoms with Crippen LogP contribution in [0.4, 0.5) is 15.9 Å². The first kappa shape index (κ1) is 22.0. The van der Waals surface area contributed by atoms with Gasteiger partial charge in [0.2, 0.25) is 5.91 Å². The maximum atomic E-state index is 13.6. The van der Waals surface area contributed by atoms with Gasteiger partial charge in [-0.3, -0.25) is 4.79 Å². The van der Waals surface area contributed by atoms with Crippen LogP contribution in [-0.4, -0.2) is 52.4 Å². The van der Waals surface area contributed by atoms with Crippen LogP contribution in [0.15, 0.2) is 48.5 Å². The summed E-state index contributed by atoms with van der Waals surface area (Å²) in [6, 6.07) is 14.4. The second kappa shape index (κ2) is 8.39. The first-order chi connectivity index (χ1) is 15.2. The smallest absolute Gasteiger partial charge is 0.243 e. The largest absolute Gasteiger partial charge is 0.340 e. The number of imidazole rings is 1. The summed E-state index contributed by atoms with van der Waals surface area (Å²) in [4.78, 5) is 22.2. The first-order valence-corrected chi connectivity index (χ1v) is 10.8. The predicted octanol–water partition coefficient (Wildman–Crippen LogP) is 4.38. The molecule has 0 fully saturated rings. The highest BCUT2D eigenvalue weighted by molar-refractivity contribution is 5.83. The number of hydrogen-bond acceptors (Lipinski definition) is 4. The fraction of sp³-hybridized carbons (Fsp3) is 0.360. The van der Waals surface area contributed by atoms with Crippen molar-refractivity contribution in [3.05, 3.63) is 65.7 Å². The summed E-state index contributed by atoms with van der Waals surface area (Å²) in [7, 11) is 4.00. The number of aryl methyl sites for hydroxylation is 1. The van der Waals surface area contributed by atoms with Crippen LogP contribution in [0.3, 0.4) is 0 Å². The molecule has 0 saturated carbocycles. The number of fused-ring (bicyclic) bond motifs is 1. The Kier molecular flexibility index (Phi) is 5.77. The molecule has 2 heterocycles. The Morgan fingerprint density at radius 3 is 2.38 bits per heavy atom. The fourth-order valence-electron chi connectivity index (χ4n) is 4.14. The number of nitrogens with zero attached hydrogens (tertiary/aromatic N) is 4. The van der Waals surface area contributed by atoms with Crippen molar-refractivity contribution in [2.75, 3.05) is 32.5 Å². The Balaban J connectivity index is 1.83. The Morgan fingerprint density at radius 2 is 1.75 bits per heavy atom. The molecule has 0 unspecified atom stereocenters. The highest BCUT2D eigenvalue weighted by Crippen LogP contribution is 2.39. The molecule has 1 amide bonds. The number of halogens is 1. The summed E-state index contributed by atoms with van der Waals surface area (Å²) in [5.41, 5.74) is 2.98. The lowest BCUT2D eigenvalue weighted by Crippen LogP contribution is -2.54. The minimum Gasteiger partial charge on any atom is -0.340 e. The van der Waals surface area contributed by atoms with Gasteiger partial charge in [-0.05, 0) is 71.3 Å². The number of likely N-dealkylation sites (N-methyl/N-ethyl adjacent to an activating group) is 1. The maximum Gasteiger partial charge on any atom is 0.243 e. The molecule has 6 nitrogen and oxygen atoms in total. The summed E-state index contributed by atoms with van der Waals surface area (Å²) in [6.45, 7) is 7.70. The van der Waals surface area contributed by atoms with E-state index in [1.54, 1.807) is 12.1 Å². The molecule has 4 rings (SSSR count). The molecule has 7 heteroatoms. The number of anilines is 2. The highest BCUT2D eigenvalue weighted by Gasteiger charge is 2.42.